The smallest absolute Gasteiger partial charge is 0.162 e. The molecule has 0 fully saturated rings. The number of rotatable bonds is 9. The van der Waals surface area contributed by atoms with Crippen molar-refractivity contribution < 1.29 is 9.47 Å². The van der Waals surface area contributed by atoms with Gasteiger partial charge in [0.15, 0.2) is 11.5 Å². The first-order chi connectivity index (χ1) is 12.4. The molecule has 142 valence electrons. The van der Waals surface area contributed by atoms with E-state index in [9.17, 15) is 0 Å². The molecule has 2 aromatic rings. The van der Waals surface area contributed by atoms with Crippen molar-refractivity contribution in [3.05, 3.63) is 56.0 Å². The summed E-state index contributed by atoms with van der Waals surface area (Å²) in [6, 6.07) is 9.36. The lowest BCUT2D eigenvalue weighted by atomic mass is 10.2. The van der Waals surface area contributed by atoms with E-state index in [1.807, 2.05) is 18.2 Å². The molecule has 0 amide bonds. The van der Waals surface area contributed by atoms with Crippen LogP contribution in [0.5, 0.6) is 11.5 Å². The van der Waals surface area contributed by atoms with Crippen LogP contribution >= 0.6 is 39.1 Å². The summed E-state index contributed by atoms with van der Waals surface area (Å²) in [7, 11) is 5.75. The summed E-state index contributed by atoms with van der Waals surface area (Å²) in [5.74, 6) is 1.36. The topological polar surface area (TPSA) is 33.7 Å². The van der Waals surface area contributed by atoms with Gasteiger partial charge in [-0.3, -0.25) is 0 Å². The van der Waals surface area contributed by atoms with Gasteiger partial charge in [0.05, 0.1) is 17.2 Å². The minimum Gasteiger partial charge on any atom is -0.493 e. The van der Waals surface area contributed by atoms with Gasteiger partial charge in [-0.15, -0.1) is 0 Å². The Labute approximate surface area is 173 Å². The summed E-state index contributed by atoms with van der Waals surface area (Å²) >= 11 is 15.6. The number of methoxy groups -OCH3 is 1. The third-order valence-electron chi connectivity index (χ3n) is 3.76. The molecule has 2 aromatic carbocycles. The van der Waals surface area contributed by atoms with Crippen molar-refractivity contribution in [1.29, 1.82) is 0 Å². The molecule has 4 nitrogen and oxygen atoms in total. The molecule has 0 heterocycles. The van der Waals surface area contributed by atoms with Gasteiger partial charge in [-0.05, 0) is 49.5 Å². The van der Waals surface area contributed by atoms with Crippen LogP contribution in [0.4, 0.5) is 0 Å². The SMILES string of the molecule is COc1cc(CNCCN(C)C)c(Br)cc1OCc1ccc(Cl)c(Cl)c1. The highest BCUT2D eigenvalue weighted by atomic mass is 79.9. The molecule has 0 bridgehead atoms. The van der Waals surface area contributed by atoms with Crippen molar-refractivity contribution in [2.45, 2.75) is 13.2 Å². The van der Waals surface area contributed by atoms with E-state index in [1.165, 1.54) is 0 Å². The molecule has 0 atom stereocenters. The average molecular weight is 462 g/mol. The van der Waals surface area contributed by atoms with E-state index in [4.69, 9.17) is 32.7 Å². The number of likely N-dealkylation sites (N-methyl/N-ethyl adjacent to an activating group) is 1. The van der Waals surface area contributed by atoms with Crippen LogP contribution in [0, 0.1) is 0 Å². The third kappa shape index (κ3) is 6.32. The molecule has 0 saturated carbocycles. The van der Waals surface area contributed by atoms with Crippen LogP contribution in [0.1, 0.15) is 11.1 Å². The lowest BCUT2D eigenvalue weighted by Crippen LogP contribution is -2.26. The summed E-state index contributed by atoms with van der Waals surface area (Å²) < 4.78 is 12.4. The van der Waals surface area contributed by atoms with E-state index in [1.54, 1.807) is 19.2 Å². The molecule has 1 N–H and O–H groups in total. The predicted octanol–water partition coefficient (Wildman–Crippen LogP) is 4.99. The minimum absolute atomic E-state index is 0.375. The molecule has 0 aromatic heterocycles. The van der Waals surface area contributed by atoms with Gasteiger partial charge >= 0.3 is 0 Å². The fourth-order valence-electron chi connectivity index (χ4n) is 2.30. The van der Waals surface area contributed by atoms with Gasteiger partial charge in [0.2, 0.25) is 0 Å². The zero-order valence-electron chi connectivity index (χ0n) is 15.1. The molecule has 0 spiro atoms. The van der Waals surface area contributed by atoms with E-state index in [-0.39, 0.29) is 0 Å². The number of nitrogens with zero attached hydrogens (tertiary/aromatic N) is 1. The molecule has 0 aliphatic rings. The summed E-state index contributed by atoms with van der Waals surface area (Å²) in [5, 5.41) is 4.46. The van der Waals surface area contributed by atoms with E-state index >= 15 is 0 Å². The Balaban J connectivity index is 2.04. The Bertz CT molecular complexity index is 742. The van der Waals surface area contributed by atoms with Crippen LogP contribution in [0.2, 0.25) is 10.0 Å². The molecule has 2 rings (SSSR count). The Morgan fingerprint density at radius 3 is 2.50 bits per heavy atom. The quantitative estimate of drug-likeness (QED) is 0.533. The van der Waals surface area contributed by atoms with Gasteiger partial charge in [0.1, 0.15) is 6.61 Å². The zero-order valence-corrected chi connectivity index (χ0v) is 18.2. The maximum absolute atomic E-state index is 6.05. The number of hydrogen-bond donors (Lipinski definition) is 1. The second kappa shape index (κ2) is 10.4. The largest absolute Gasteiger partial charge is 0.493 e. The minimum atomic E-state index is 0.375. The summed E-state index contributed by atoms with van der Waals surface area (Å²) in [4.78, 5) is 2.14. The standard InChI is InChI=1S/C19H23BrCl2N2O2/c1-24(2)7-6-23-11-14-9-18(25-3)19(10-15(14)20)26-12-13-4-5-16(21)17(22)8-13/h4-5,8-10,23H,6-7,11-12H2,1-3H3. The van der Waals surface area contributed by atoms with Crippen molar-refractivity contribution in [2.75, 3.05) is 34.3 Å². The maximum atomic E-state index is 6.05. The van der Waals surface area contributed by atoms with E-state index in [0.29, 0.717) is 28.2 Å². The number of benzene rings is 2. The molecule has 26 heavy (non-hydrogen) atoms. The third-order valence-corrected chi connectivity index (χ3v) is 5.24. The van der Waals surface area contributed by atoms with Crippen LogP contribution in [0.15, 0.2) is 34.8 Å². The molecular formula is C19H23BrCl2N2O2. The van der Waals surface area contributed by atoms with Gasteiger partial charge in [-0.2, -0.15) is 0 Å². The van der Waals surface area contributed by atoms with Crippen molar-refractivity contribution in [3.63, 3.8) is 0 Å². The Kier molecular flexibility index (Phi) is 8.51. The van der Waals surface area contributed by atoms with E-state index in [2.05, 4.69) is 40.2 Å². The molecular weight excluding hydrogens is 439 g/mol. The first kappa shape index (κ1) is 21.3. The molecule has 0 aliphatic heterocycles. The van der Waals surface area contributed by atoms with Gasteiger partial charge < -0.3 is 19.7 Å². The molecule has 0 aliphatic carbocycles. The van der Waals surface area contributed by atoms with Crippen molar-refractivity contribution >= 4 is 39.1 Å². The van der Waals surface area contributed by atoms with Gasteiger partial charge in [-0.25, -0.2) is 0 Å². The molecule has 7 heteroatoms. The Morgan fingerprint density at radius 1 is 1.08 bits per heavy atom. The molecule has 0 saturated heterocycles. The zero-order chi connectivity index (χ0) is 19.1. The first-order valence-corrected chi connectivity index (χ1v) is 9.74. The second-order valence-electron chi connectivity index (χ2n) is 6.11. The normalized spacial score (nSPS) is 11.0. The first-order valence-electron chi connectivity index (χ1n) is 8.19. The second-order valence-corrected chi connectivity index (χ2v) is 7.78. The van der Waals surface area contributed by atoms with Crippen LogP contribution < -0.4 is 14.8 Å². The molecule has 0 radical (unpaired) electrons. The van der Waals surface area contributed by atoms with E-state index in [0.717, 1.165) is 35.2 Å². The number of ether oxygens (including phenoxy) is 2. The van der Waals surface area contributed by atoms with Gasteiger partial charge in [-0.1, -0.05) is 45.2 Å². The molecule has 0 unspecified atom stereocenters. The van der Waals surface area contributed by atoms with Crippen molar-refractivity contribution in [3.8, 4) is 11.5 Å². The number of halogens is 3. The highest BCUT2D eigenvalue weighted by Gasteiger charge is 2.11. The lowest BCUT2D eigenvalue weighted by Gasteiger charge is -2.15. The lowest BCUT2D eigenvalue weighted by molar-refractivity contribution is 0.284. The number of nitrogens with one attached hydrogen (secondary N) is 1. The summed E-state index contributed by atoms with van der Waals surface area (Å²) in [5.41, 5.74) is 2.05. The predicted molar refractivity (Wildman–Crippen MR) is 112 cm³/mol. The van der Waals surface area contributed by atoms with Crippen LogP contribution in [-0.2, 0) is 13.2 Å². The Morgan fingerprint density at radius 2 is 1.85 bits per heavy atom. The summed E-state index contributed by atoms with van der Waals surface area (Å²) in [6.07, 6.45) is 0. The van der Waals surface area contributed by atoms with Gasteiger partial charge in [0.25, 0.3) is 0 Å². The maximum Gasteiger partial charge on any atom is 0.162 e. The van der Waals surface area contributed by atoms with Crippen LogP contribution in [0.25, 0.3) is 0 Å². The fraction of sp³-hybridized carbons (Fsp3) is 0.368. The Hall–Kier alpha value is -0.980. The average Bonchev–Trinajstić information content (AvgIpc) is 2.60. The monoisotopic (exact) mass is 460 g/mol. The van der Waals surface area contributed by atoms with Crippen molar-refractivity contribution in [2.24, 2.45) is 0 Å². The van der Waals surface area contributed by atoms with E-state index < -0.39 is 0 Å². The van der Waals surface area contributed by atoms with Crippen molar-refractivity contribution in [1.82, 2.24) is 10.2 Å². The van der Waals surface area contributed by atoms with Gasteiger partial charge in [0, 0.05) is 24.1 Å². The summed E-state index contributed by atoms with van der Waals surface area (Å²) in [6.45, 7) is 3.02. The van der Waals surface area contributed by atoms with Crippen LogP contribution in [-0.4, -0.2) is 39.2 Å². The van der Waals surface area contributed by atoms with Crippen LogP contribution in [0.3, 0.4) is 0 Å². The number of hydrogen-bond acceptors (Lipinski definition) is 4. The highest BCUT2D eigenvalue weighted by molar-refractivity contribution is 9.10. The highest BCUT2D eigenvalue weighted by Crippen LogP contribution is 2.34. The fourth-order valence-corrected chi connectivity index (χ4v) is 3.08.